The van der Waals surface area contributed by atoms with Crippen LogP contribution in [0.5, 0.6) is 0 Å². The van der Waals surface area contributed by atoms with Gasteiger partial charge in [0.25, 0.3) is 0 Å². The van der Waals surface area contributed by atoms with E-state index in [0.717, 1.165) is 49.4 Å². The SMILES string of the molecule is CC(=O)C(CNC(=O)CCCc1ccc(N(CCCl)CCCl)cc1)NC(=O)CCCC[C@@H]1SC[C@@H]2NC(=O)NC21. The van der Waals surface area contributed by atoms with Crippen LogP contribution in [0.1, 0.15) is 51.0 Å². The van der Waals surface area contributed by atoms with Crippen molar-refractivity contribution in [2.24, 2.45) is 0 Å². The van der Waals surface area contributed by atoms with Crippen molar-refractivity contribution >= 4 is 64.3 Å². The molecule has 1 aromatic rings. The van der Waals surface area contributed by atoms with Gasteiger partial charge in [0, 0.05) is 60.9 Å². The second-order valence-corrected chi connectivity index (χ2v) is 12.3. The molecular weight excluding hydrogens is 573 g/mol. The summed E-state index contributed by atoms with van der Waals surface area (Å²) in [6.07, 6.45) is 4.59. The molecule has 2 unspecified atom stereocenters. The summed E-state index contributed by atoms with van der Waals surface area (Å²) >= 11 is 13.6. The number of anilines is 1. The monoisotopic (exact) mass is 613 g/mol. The third kappa shape index (κ3) is 10.3. The average molecular weight is 615 g/mol. The first-order chi connectivity index (χ1) is 19.3. The predicted octanol–water partition coefficient (Wildman–Crippen LogP) is 3.21. The van der Waals surface area contributed by atoms with Crippen molar-refractivity contribution in [3.8, 4) is 0 Å². The minimum Gasteiger partial charge on any atom is -0.369 e. The number of carbonyl (C=O) groups is 4. The Morgan fingerprint density at radius 2 is 1.73 bits per heavy atom. The van der Waals surface area contributed by atoms with Gasteiger partial charge in [-0.3, -0.25) is 14.4 Å². The van der Waals surface area contributed by atoms with Crippen molar-refractivity contribution in [3.63, 3.8) is 0 Å². The normalized spacial score (nSPS) is 20.3. The molecule has 2 aliphatic heterocycles. The number of alkyl halides is 2. The lowest BCUT2D eigenvalue weighted by Gasteiger charge is -2.23. The molecule has 1 aromatic carbocycles. The number of fused-ring (bicyclic) bond motifs is 1. The van der Waals surface area contributed by atoms with Crippen LogP contribution in [-0.4, -0.2) is 84.2 Å². The van der Waals surface area contributed by atoms with Gasteiger partial charge in [0.2, 0.25) is 11.8 Å². The third-order valence-electron chi connectivity index (χ3n) is 7.29. The van der Waals surface area contributed by atoms with Crippen LogP contribution in [-0.2, 0) is 20.8 Å². The number of hydrogen-bond acceptors (Lipinski definition) is 6. The van der Waals surface area contributed by atoms with E-state index in [9.17, 15) is 19.2 Å². The second kappa shape index (κ2) is 16.9. The number of unbranched alkanes of at least 4 members (excludes halogenated alkanes) is 1. The molecule has 9 nitrogen and oxygen atoms in total. The van der Waals surface area contributed by atoms with Gasteiger partial charge in [0.1, 0.15) is 6.04 Å². The number of benzene rings is 1. The van der Waals surface area contributed by atoms with Crippen molar-refractivity contribution in [1.82, 2.24) is 21.3 Å². The number of nitrogens with zero attached hydrogens (tertiary/aromatic N) is 1. The van der Waals surface area contributed by atoms with Gasteiger partial charge < -0.3 is 26.2 Å². The van der Waals surface area contributed by atoms with Gasteiger partial charge in [-0.25, -0.2) is 4.79 Å². The lowest BCUT2D eigenvalue weighted by molar-refractivity contribution is -0.127. The number of ketones is 1. The van der Waals surface area contributed by atoms with Crippen molar-refractivity contribution in [3.05, 3.63) is 29.8 Å². The number of hydrogen-bond donors (Lipinski definition) is 4. The van der Waals surface area contributed by atoms with Crippen LogP contribution in [0.15, 0.2) is 24.3 Å². The number of thioether (sulfide) groups is 1. The van der Waals surface area contributed by atoms with E-state index in [2.05, 4.69) is 38.3 Å². The fourth-order valence-corrected chi connectivity index (χ4v) is 6.99. The van der Waals surface area contributed by atoms with E-state index in [1.54, 1.807) is 0 Å². The van der Waals surface area contributed by atoms with E-state index in [1.165, 1.54) is 6.92 Å². The number of nitrogens with one attached hydrogen (secondary N) is 4. The highest BCUT2D eigenvalue weighted by Gasteiger charge is 2.42. The molecule has 2 saturated heterocycles. The number of carbonyl (C=O) groups excluding carboxylic acids is 4. The van der Waals surface area contributed by atoms with Crippen LogP contribution in [0.3, 0.4) is 0 Å². The van der Waals surface area contributed by atoms with Crippen LogP contribution in [0.2, 0.25) is 0 Å². The van der Waals surface area contributed by atoms with Crippen LogP contribution in [0.25, 0.3) is 0 Å². The Bertz CT molecular complexity index is 993. The molecule has 12 heteroatoms. The Balaban J connectivity index is 1.30. The zero-order valence-corrected chi connectivity index (χ0v) is 25.4. The zero-order chi connectivity index (χ0) is 28.9. The van der Waals surface area contributed by atoms with Gasteiger partial charge in [0.05, 0.1) is 12.1 Å². The smallest absolute Gasteiger partial charge is 0.315 e. The van der Waals surface area contributed by atoms with Gasteiger partial charge in [-0.2, -0.15) is 11.8 Å². The number of urea groups is 1. The van der Waals surface area contributed by atoms with E-state index >= 15 is 0 Å². The van der Waals surface area contributed by atoms with Crippen LogP contribution in [0, 0.1) is 0 Å². The standard InChI is InChI=1S/C28H41Cl2N5O4S/c1-19(36)22(32-26(38)7-3-2-6-24-27-23(18-40-24)33-28(39)34-27)17-31-25(37)8-4-5-20-9-11-21(12-10-20)35(15-13-29)16-14-30/h9-12,22-24,27H,2-8,13-18H2,1H3,(H,31,37)(H,32,38)(H2,33,34,39)/t22?,23-,24-,27?/m0/s1. The van der Waals surface area contributed by atoms with Crippen molar-refractivity contribution < 1.29 is 19.2 Å². The molecule has 0 spiro atoms. The fraction of sp³-hybridized carbons (Fsp3) is 0.643. The Hall–Kier alpha value is -2.17. The highest BCUT2D eigenvalue weighted by atomic mass is 35.5. The second-order valence-electron chi connectivity index (χ2n) is 10.3. The Morgan fingerprint density at radius 1 is 1.02 bits per heavy atom. The molecule has 3 rings (SSSR count). The van der Waals surface area contributed by atoms with Crippen molar-refractivity contribution in [1.29, 1.82) is 0 Å². The summed E-state index contributed by atoms with van der Waals surface area (Å²) in [6.45, 7) is 2.96. The van der Waals surface area contributed by atoms with E-state index in [1.807, 2.05) is 23.9 Å². The molecule has 0 aromatic heterocycles. The minimum atomic E-state index is -0.737. The number of aryl methyl sites for hydroxylation is 1. The summed E-state index contributed by atoms with van der Waals surface area (Å²) in [5, 5.41) is 11.8. The molecule has 4 N–H and O–H groups in total. The highest BCUT2D eigenvalue weighted by Crippen LogP contribution is 2.33. The summed E-state index contributed by atoms with van der Waals surface area (Å²) in [5.74, 6) is 1.45. The minimum absolute atomic E-state index is 0.0834. The van der Waals surface area contributed by atoms with Gasteiger partial charge in [-0.15, -0.1) is 23.2 Å². The molecule has 2 aliphatic rings. The zero-order valence-electron chi connectivity index (χ0n) is 23.1. The quantitative estimate of drug-likeness (QED) is 0.115. The Labute approximate surface area is 251 Å². The molecule has 4 amide bonds. The summed E-state index contributed by atoms with van der Waals surface area (Å²) < 4.78 is 0. The summed E-state index contributed by atoms with van der Waals surface area (Å²) in [4.78, 5) is 50.5. The predicted molar refractivity (Wildman–Crippen MR) is 163 cm³/mol. The number of amides is 4. The molecule has 0 aliphatic carbocycles. The molecule has 0 bridgehead atoms. The van der Waals surface area contributed by atoms with E-state index < -0.39 is 6.04 Å². The number of rotatable bonds is 18. The van der Waals surface area contributed by atoms with Crippen LogP contribution < -0.4 is 26.2 Å². The summed E-state index contributed by atoms with van der Waals surface area (Å²) in [5.41, 5.74) is 2.21. The lowest BCUT2D eigenvalue weighted by atomic mass is 10.0. The molecule has 222 valence electrons. The van der Waals surface area contributed by atoms with Crippen molar-refractivity contribution in [2.75, 3.05) is 42.0 Å². The maximum Gasteiger partial charge on any atom is 0.315 e. The highest BCUT2D eigenvalue weighted by molar-refractivity contribution is 8.00. The maximum absolute atomic E-state index is 12.4. The Kier molecular flexibility index (Phi) is 13.7. The molecule has 40 heavy (non-hydrogen) atoms. The summed E-state index contributed by atoms with van der Waals surface area (Å²) in [7, 11) is 0. The van der Waals surface area contributed by atoms with Gasteiger partial charge in [-0.05, 0) is 50.3 Å². The molecule has 0 saturated carbocycles. The topological polar surface area (TPSA) is 120 Å². The maximum atomic E-state index is 12.4. The van der Waals surface area contributed by atoms with E-state index in [4.69, 9.17) is 23.2 Å². The van der Waals surface area contributed by atoms with Gasteiger partial charge in [-0.1, -0.05) is 18.6 Å². The van der Waals surface area contributed by atoms with Crippen LogP contribution >= 0.6 is 35.0 Å². The first-order valence-electron chi connectivity index (χ1n) is 14.0. The molecule has 4 atom stereocenters. The average Bonchev–Trinajstić information content (AvgIpc) is 3.48. The van der Waals surface area contributed by atoms with E-state index in [0.29, 0.717) is 42.7 Å². The number of halogens is 2. The van der Waals surface area contributed by atoms with Crippen molar-refractivity contribution in [2.45, 2.75) is 75.2 Å². The molecule has 2 heterocycles. The third-order valence-corrected chi connectivity index (χ3v) is 9.14. The molecular formula is C28H41Cl2N5O4S. The first-order valence-corrected chi connectivity index (χ1v) is 16.1. The molecule has 2 fully saturated rings. The Morgan fingerprint density at radius 3 is 2.40 bits per heavy atom. The largest absolute Gasteiger partial charge is 0.369 e. The first kappa shape index (κ1) is 32.3. The van der Waals surface area contributed by atoms with Crippen LogP contribution in [0.4, 0.5) is 10.5 Å². The number of Topliss-reactive ketones (excluding diaryl/α,β-unsaturated/α-hetero) is 1. The van der Waals surface area contributed by atoms with Gasteiger partial charge in [0.15, 0.2) is 5.78 Å². The van der Waals surface area contributed by atoms with Gasteiger partial charge >= 0.3 is 6.03 Å². The summed E-state index contributed by atoms with van der Waals surface area (Å²) in [6, 6.07) is 7.72. The lowest BCUT2D eigenvalue weighted by Crippen LogP contribution is -2.47. The molecule has 0 radical (unpaired) electrons. The van der Waals surface area contributed by atoms with E-state index in [-0.39, 0.29) is 42.3 Å². The fourth-order valence-electron chi connectivity index (χ4n) is 5.04.